The Kier molecular flexibility index (Phi) is 3.71. The maximum absolute atomic E-state index is 11.0. The molecule has 4 heteroatoms. The molecule has 14 heavy (non-hydrogen) atoms. The van der Waals surface area contributed by atoms with Crippen molar-refractivity contribution in [1.29, 1.82) is 0 Å². The van der Waals surface area contributed by atoms with Crippen molar-refractivity contribution >= 4 is 23.5 Å². The summed E-state index contributed by atoms with van der Waals surface area (Å²) in [5.74, 6) is 0.352. The minimum absolute atomic E-state index is 0.238. The molecule has 3 nitrogen and oxygen atoms in total. The largest absolute Gasteiger partial charge is 0.307 e. The Morgan fingerprint density at radius 1 is 1.71 bits per heavy atom. The van der Waals surface area contributed by atoms with Crippen molar-refractivity contribution in [3.05, 3.63) is 30.5 Å². The molecule has 0 radical (unpaired) electrons. The number of nitrogens with zero attached hydrogens (tertiary/aromatic N) is 1. The van der Waals surface area contributed by atoms with E-state index in [4.69, 9.17) is 0 Å². The maximum atomic E-state index is 11.0. The van der Waals surface area contributed by atoms with Crippen molar-refractivity contribution < 1.29 is 4.79 Å². The fraction of sp³-hybridized carbons (Fsp3) is 0.200. The smallest absolute Gasteiger partial charge is 0.248 e. The van der Waals surface area contributed by atoms with E-state index in [-0.39, 0.29) is 5.91 Å². The summed E-state index contributed by atoms with van der Waals surface area (Å²) in [7, 11) is 0. The third-order valence-electron chi connectivity index (χ3n) is 1.72. The number of rotatable bonds is 3. The summed E-state index contributed by atoms with van der Waals surface area (Å²) in [4.78, 5) is 16.2. The molecule has 0 saturated carbocycles. The highest BCUT2D eigenvalue weighted by molar-refractivity contribution is 7.98. The highest BCUT2D eigenvalue weighted by atomic mass is 32.2. The van der Waals surface area contributed by atoms with Gasteiger partial charge in [0.1, 0.15) is 5.82 Å². The van der Waals surface area contributed by atoms with Crippen LogP contribution in [0.3, 0.4) is 0 Å². The van der Waals surface area contributed by atoms with E-state index in [2.05, 4.69) is 16.9 Å². The lowest BCUT2D eigenvalue weighted by atomic mass is 10.3. The van der Waals surface area contributed by atoms with Gasteiger partial charge in [-0.15, -0.1) is 11.8 Å². The molecular formula is C10H12N2OS. The lowest BCUT2D eigenvalue weighted by Crippen LogP contribution is -2.10. The average molecular weight is 208 g/mol. The Labute approximate surface area is 87.6 Å². The van der Waals surface area contributed by atoms with E-state index in [0.717, 1.165) is 10.5 Å². The quantitative estimate of drug-likeness (QED) is 0.612. The molecule has 0 fully saturated rings. The van der Waals surface area contributed by atoms with Crippen LogP contribution in [0.25, 0.3) is 0 Å². The molecule has 0 aliphatic rings. The standard InChI is InChI=1S/C10H12N2OS/c1-4-9(13)12-10-7(2)5-8(14-3)6-11-10/h4-6H,1H2,2-3H3,(H,11,12,13). The van der Waals surface area contributed by atoms with Crippen molar-refractivity contribution in [1.82, 2.24) is 4.98 Å². The molecule has 1 amide bonds. The van der Waals surface area contributed by atoms with Crippen LogP contribution in [-0.4, -0.2) is 17.1 Å². The highest BCUT2D eigenvalue weighted by Crippen LogP contribution is 2.19. The van der Waals surface area contributed by atoms with Crippen molar-refractivity contribution in [3.8, 4) is 0 Å². The fourth-order valence-electron chi connectivity index (χ4n) is 0.959. The summed E-state index contributed by atoms with van der Waals surface area (Å²) in [6.45, 7) is 5.28. The van der Waals surface area contributed by atoms with Gasteiger partial charge in [0.05, 0.1) is 0 Å². The first kappa shape index (κ1) is 10.8. The second-order valence-corrected chi connectivity index (χ2v) is 3.61. The van der Waals surface area contributed by atoms with E-state index in [1.807, 2.05) is 19.2 Å². The summed E-state index contributed by atoms with van der Waals surface area (Å²) in [5, 5.41) is 2.63. The van der Waals surface area contributed by atoms with Gasteiger partial charge >= 0.3 is 0 Å². The first-order valence-electron chi connectivity index (χ1n) is 4.11. The molecular weight excluding hydrogens is 196 g/mol. The lowest BCUT2D eigenvalue weighted by Gasteiger charge is -2.05. The number of hydrogen-bond acceptors (Lipinski definition) is 3. The van der Waals surface area contributed by atoms with Gasteiger partial charge in [0, 0.05) is 11.1 Å². The third-order valence-corrected chi connectivity index (χ3v) is 2.41. The number of hydrogen-bond donors (Lipinski definition) is 1. The van der Waals surface area contributed by atoms with Crippen molar-refractivity contribution in [2.45, 2.75) is 11.8 Å². The molecule has 0 aliphatic carbocycles. The predicted octanol–water partition coefficient (Wildman–Crippen LogP) is 2.24. The zero-order valence-corrected chi connectivity index (χ0v) is 9.02. The Balaban J connectivity index is 2.88. The third kappa shape index (κ3) is 2.60. The topological polar surface area (TPSA) is 42.0 Å². The van der Waals surface area contributed by atoms with Crippen molar-refractivity contribution in [2.24, 2.45) is 0 Å². The van der Waals surface area contributed by atoms with Gasteiger partial charge in [-0.3, -0.25) is 4.79 Å². The van der Waals surface area contributed by atoms with Gasteiger partial charge in [-0.1, -0.05) is 6.58 Å². The van der Waals surface area contributed by atoms with Crippen LogP contribution in [0.5, 0.6) is 0 Å². The van der Waals surface area contributed by atoms with Gasteiger partial charge in [0.2, 0.25) is 5.91 Å². The Morgan fingerprint density at radius 3 is 2.93 bits per heavy atom. The highest BCUT2D eigenvalue weighted by Gasteiger charge is 2.03. The van der Waals surface area contributed by atoms with Crippen molar-refractivity contribution in [2.75, 3.05) is 11.6 Å². The predicted molar refractivity (Wildman–Crippen MR) is 59.6 cm³/mol. The monoisotopic (exact) mass is 208 g/mol. The number of thioether (sulfide) groups is 1. The van der Waals surface area contributed by atoms with E-state index in [9.17, 15) is 4.79 Å². The van der Waals surface area contributed by atoms with E-state index >= 15 is 0 Å². The van der Waals surface area contributed by atoms with Crippen LogP contribution in [0.15, 0.2) is 29.8 Å². The number of anilines is 1. The van der Waals surface area contributed by atoms with Crippen LogP contribution in [0.2, 0.25) is 0 Å². The SMILES string of the molecule is C=CC(=O)Nc1ncc(SC)cc1C. The molecule has 74 valence electrons. The molecule has 0 saturated heterocycles. The Bertz CT molecular complexity index is 363. The number of carbonyl (C=O) groups excluding carboxylic acids is 1. The van der Waals surface area contributed by atoms with Gasteiger partial charge in [-0.25, -0.2) is 4.98 Å². The van der Waals surface area contributed by atoms with E-state index in [1.165, 1.54) is 6.08 Å². The zero-order valence-electron chi connectivity index (χ0n) is 8.20. The maximum Gasteiger partial charge on any atom is 0.248 e. The summed E-state index contributed by atoms with van der Waals surface area (Å²) >= 11 is 1.62. The van der Waals surface area contributed by atoms with Crippen LogP contribution in [0.1, 0.15) is 5.56 Å². The zero-order chi connectivity index (χ0) is 10.6. The minimum Gasteiger partial charge on any atom is -0.307 e. The molecule has 1 aromatic heterocycles. The molecule has 1 aromatic rings. The van der Waals surface area contributed by atoms with Gasteiger partial charge in [0.25, 0.3) is 0 Å². The van der Waals surface area contributed by atoms with E-state index < -0.39 is 0 Å². The number of amides is 1. The van der Waals surface area contributed by atoms with Crippen LogP contribution < -0.4 is 5.32 Å². The second kappa shape index (κ2) is 4.81. The molecule has 0 aliphatic heterocycles. The van der Waals surface area contributed by atoms with E-state index in [1.54, 1.807) is 18.0 Å². The molecule has 0 atom stereocenters. The minimum atomic E-state index is -0.238. The van der Waals surface area contributed by atoms with Gasteiger partial charge in [0.15, 0.2) is 0 Å². The Morgan fingerprint density at radius 2 is 2.43 bits per heavy atom. The normalized spacial score (nSPS) is 9.57. The lowest BCUT2D eigenvalue weighted by molar-refractivity contribution is -0.111. The van der Waals surface area contributed by atoms with Crippen LogP contribution >= 0.6 is 11.8 Å². The summed E-state index contributed by atoms with van der Waals surface area (Å²) in [6.07, 6.45) is 4.94. The molecule has 0 bridgehead atoms. The average Bonchev–Trinajstić information content (AvgIpc) is 2.20. The summed E-state index contributed by atoms with van der Waals surface area (Å²) in [6, 6.07) is 1.98. The summed E-state index contributed by atoms with van der Waals surface area (Å²) in [5.41, 5.74) is 0.951. The second-order valence-electron chi connectivity index (χ2n) is 2.73. The van der Waals surface area contributed by atoms with Gasteiger partial charge in [-0.2, -0.15) is 0 Å². The molecule has 1 rings (SSSR count). The van der Waals surface area contributed by atoms with Crippen LogP contribution in [0, 0.1) is 6.92 Å². The van der Waals surface area contributed by atoms with Gasteiger partial charge in [-0.05, 0) is 30.9 Å². The van der Waals surface area contributed by atoms with E-state index in [0.29, 0.717) is 5.82 Å². The van der Waals surface area contributed by atoms with Gasteiger partial charge < -0.3 is 5.32 Å². The summed E-state index contributed by atoms with van der Waals surface area (Å²) < 4.78 is 0. The first-order valence-corrected chi connectivity index (χ1v) is 5.34. The first-order chi connectivity index (χ1) is 6.67. The fourth-order valence-corrected chi connectivity index (χ4v) is 1.41. The molecule has 0 unspecified atom stereocenters. The molecule has 0 aromatic carbocycles. The molecule has 1 N–H and O–H groups in total. The van der Waals surface area contributed by atoms with Crippen LogP contribution in [-0.2, 0) is 4.79 Å². The van der Waals surface area contributed by atoms with Crippen LogP contribution in [0.4, 0.5) is 5.82 Å². The number of pyridine rings is 1. The number of carbonyl (C=O) groups is 1. The number of aryl methyl sites for hydroxylation is 1. The number of nitrogens with one attached hydrogen (secondary N) is 1. The molecule has 1 heterocycles. The Hall–Kier alpha value is -1.29. The number of aromatic nitrogens is 1. The molecule has 0 spiro atoms. The van der Waals surface area contributed by atoms with Crippen molar-refractivity contribution in [3.63, 3.8) is 0 Å².